The molecule has 1 saturated heterocycles. The molecule has 3 aromatic heterocycles. The van der Waals surface area contributed by atoms with Gasteiger partial charge >= 0.3 is 6.03 Å². The molecule has 0 spiro atoms. The van der Waals surface area contributed by atoms with Crippen molar-refractivity contribution < 1.29 is 14.6 Å². The van der Waals surface area contributed by atoms with Gasteiger partial charge in [-0.25, -0.2) is 9.79 Å². The molecule has 2 amide bonds. The summed E-state index contributed by atoms with van der Waals surface area (Å²) in [6, 6.07) is 11.3. The molecule has 1 aromatic carbocycles. The number of nitrogens with one attached hydrogen (secondary N) is 3. The summed E-state index contributed by atoms with van der Waals surface area (Å²) < 4.78 is 10.2. The van der Waals surface area contributed by atoms with E-state index in [9.17, 15) is 9.90 Å². The molecule has 0 saturated carbocycles. The first kappa shape index (κ1) is 32.2. The lowest BCUT2D eigenvalue weighted by molar-refractivity contribution is 0.171. The number of hydrogen-bond donors (Lipinski definition) is 4. The Hall–Kier alpha value is -4.78. The summed E-state index contributed by atoms with van der Waals surface area (Å²) in [5, 5.41) is 36.9. The Bertz CT molecular complexity index is 1750. The van der Waals surface area contributed by atoms with Gasteiger partial charge in [0.2, 0.25) is 5.95 Å². The molecule has 0 bridgehead atoms. The number of benzene rings is 1. The molecule has 0 radical (unpaired) electrons. The predicted octanol–water partition coefficient (Wildman–Crippen LogP) is 5.35. The monoisotopic (exact) mass is 640 g/mol. The topological polar surface area (TPSA) is 158 Å². The number of carbonyl (C=O) groups excluding carboxylic acids is 1. The number of nitrogens with zero attached hydrogens (tertiary/aromatic N) is 7. The van der Waals surface area contributed by atoms with E-state index in [2.05, 4.69) is 41.9 Å². The number of ether oxygens (including phenoxy) is 1. The number of fused-ring (bicyclic) bond motifs is 2. The van der Waals surface area contributed by atoms with Crippen molar-refractivity contribution in [1.82, 2.24) is 35.0 Å². The lowest BCUT2D eigenvalue weighted by Crippen LogP contribution is -2.43. The van der Waals surface area contributed by atoms with E-state index in [0.29, 0.717) is 36.6 Å². The maximum Gasteiger partial charge on any atom is 0.320 e. The van der Waals surface area contributed by atoms with Gasteiger partial charge in [0.05, 0.1) is 37.8 Å². The molecule has 4 N–H and O–H groups in total. The van der Waals surface area contributed by atoms with Crippen LogP contribution in [0.4, 0.5) is 16.4 Å². The number of aliphatic hydroxyl groups is 1. The van der Waals surface area contributed by atoms with Crippen LogP contribution in [0.25, 0.3) is 5.65 Å². The molecule has 2 unspecified atom stereocenters. The van der Waals surface area contributed by atoms with Gasteiger partial charge in [-0.3, -0.25) is 14.4 Å². The molecule has 4 aromatic rings. The minimum absolute atomic E-state index is 0.0429. The number of urea groups is 1. The van der Waals surface area contributed by atoms with Gasteiger partial charge in [-0.05, 0) is 60.8 Å². The Morgan fingerprint density at radius 2 is 1.85 bits per heavy atom. The largest absolute Gasteiger partial charge is 0.484 e. The van der Waals surface area contributed by atoms with Crippen LogP contribution in [-0.2, 0) is 6.54 Å². The lowest BCUT2D eigenvalue weighted by atomic mass is 9.85. The number of piperidine rings is 1. The summed E-state index contributed by atoms with van der Waals surface area (Å²) in [4.78, 5) is 20.3. The third kappa shape index (κ3) is 7.62. The molecule has 1 aliphatic heterocycles. The number of aliphatic hydroxyl groups excluding tert-OH is 1. The highest BCUT2D eigenvalue weighted by molar-refractivity contribution is 6.09. The molecule has 13 nitrogen and oxygen atoms in total. The highest BCUT2D eigenvalue weighted by Crippen LogP contribution is 2.39. The Kier molecular flexibility index (Phi) is 9.53. The number of rotatable bonds is 9. The smallest absolute Gasteiger partial charge is 0.320 e. The first-order chi connectivity index (χ1) is 22.7. The van der Waals surface area contributed by atoms with E-state index in [-0.39, 0.29) is 30.6 Å². The van der Waals surface area contributed by atoms with Crippen LogP contribution in [0.1, 0.15) is 82.6 Å². The summed E-state index contributed by atoms with van der Waals surface area (Å²) in [5.41, 5.74) is 3.41. The molecule has 2 atom stereocenters. The van der Waals surface area contributed by atoms with Crippen LogP contribution in [0.5, 0.6) is 5.75 Å². The van der Waals surface area contributed by atoms with Crippen molar-refractivity contribution in [1.29, 1.82) is 5.41 Å². The third-order valence-electron chi connectivity index (χ3n) is 8.74. The summed E-state index contributed by atoms with van der Waals surface area (Å²) in [6.45, 7) is 8.14. The van der Waals surface area contributed by atoms with E-state index >= 15 is 0 Å². The maximum atomic E-state index is 13.4. The van der Waals surface area contributed by atoms with Crippen LogP contribution < -0.4 is 20.3 Å². The number of carbonyl (C=O) groups is 1. The van der Waals surface area contributed by atoms with E-state index < -0.39 is 6.03 Å². The lowest BCUT2D eigenvalue weighted by Gasteiger charge is -2.32. The van der Waals surface area contributed by atoms with E-state index in [0.717, 1.165) is 54.4 Å². The van der Waals surface area contributed by atoms with Gasteiger partial charge < -0.3 is 25.5 Å². The quantitative estimate of drug-likeness (QED) is 0.142. The average molecular weight is 641 g/mol. The molecule has 1 aliphatic carbocycles. The fourth-order valence-electron chi connectivity index (χ4n) is 6.09. The highest BCUT2D eigenvalue weighted by Gasteiger charge is 2.30. The van der Waals surface area contributed by atoms with Crippen molar-refractivity contribution in [2.75, 3.05) is 24.6 Å². The number of aliphatic imine (C=N–C) groups is 1. The summed E-state index contributed by atoms with van der Waals surface area (Å²) in [5.74, 6) is 1.94. The van der Waals surface area contributed by atoms with E-state index in [1.807, 2.05) is 61.7 Å². The Labute approximate surface area is 274 Å². The number of hydrogen-bond acceptors (Lipinski definition) is 9. The van der Waals surface area contributed by atoms with Crippen LogP contribution in [0.3, 0.4) is 0 Å². The zero-order chi connectivity index (χ0) is 33.0. The van der Waals surface area contributed by atoms with Crippen LogP contribution in [0.15, 0.2) is 60.0 Å². The van der Waals surface area contributed by atoms with E-state index in [1.165, 1.54) is 6.42 Å². The number of amidine groups is 1. The van der Waals surface area contributed by atoms with Gasteiger partial charge in [0.25, 0.3) is 0 Å². The second-order valence-electron chi connectivity index (χ2n) is 13.3. The standard InChI is InChI=1S/C34H44N10O3/c1-34(2,3)29(35)19-30(37-23-20-36-43(21-23)17-18-45)39-32(46)38-27-12-13-28(26-10-6-5-9-25(26)27)47-24-11-14-31-40-41-33(44(31)22-24)42-15-7-4-8-16-42/h5-6,9-11,14,20-22,27-28,35,45H,4,7-8,12-13,15-19H2,1-3H3,(H2,37,38,39,46). The number of anilines is 1. The number of aromatic nitrogens is 5. The summed E-state index contributed by atoms with van der Waals surface area (Å²) in [6.07, 6.45) is 10.2. The number of pyridine rings is 1. The van der Waals surface area contributed by atoms with Gasteiger partial charge in [-0.15, -0.1) is 10.2 Å². The van der Waals surface area contributed by atoms with Crippen LogP contribution >= 0.6 is 0 Å². The fourth-order valence-corrected chi connectivity index (χ4v) is 6.09. The third-order valence-corrected chi connectivity index (χ3v) is 8.74. The molecule has 47 heavy (non-hydrogen) atoms. The van der Waals surface area contributed by atoms with Crippen molar-refractivity contribution in [2.24, 2.45) is 10.4 Å². The maximum absolute atomic E-state index is 13.4. The minimum atomic E-state index is -0.393. The van der Waals surface area contributed by atoms with E-state index in [1.54, 1.807) is 17.1 Å². The molecule has 13 heteroatoms. The van der Waals surface area contributed by atoms with Crippen LogP contribution in [0.2, 0.25) is 0 Å². The first-order valence-electron chi connectivity index (χ1n) is 16.4. The van der Waals surface area contributed by atoms with Gasteiger partial charge in [-0.2, -0.15) is 5.10 Å². The van der Waals surface area contributed by atoms with Gasteiger partial charge in [-0.1, -0.05) is 45.0 Å². The van der Waals surface area contributed by atoms with Crippen molar-refractivity contribution in [2.45, 2.75) is 78.0 Å². The minimum Gasteiger partial charge on any atom is -0.484 e. The first-order valence-corrected chi connectivity index (χ1v) is 16.4. The molecular weight excluding hydrogens is 596 g/mol. The van der Waals surface area contributed by atoms with Crippen molar-refractivity contribution in [3.63, 3.8) is 0 Å². The highest BCUT2D eigenvalue weighted by atomic mass is 16.5. The Morgan fingerprint density at radius 3 is 2.62 bits per heavy atom. The SMILES string of the molecule is CC(C)(C)C(=N)CC(=Nc1cnn(CCO)c1)NC(=O)NC1CCC(Oc2ccc3nnc(N4CCCCC4)n3c2)c2ccccc21. The summed E-state index contributed by atoms with van der Waals surface area (Å²) >= 11 is 0. The van der Waals surface area contributed by atoms with E-state index in [4.69, 9.17) is 10.1 Å². The van der Waals surface area contributed by atoms with Gasteiger partial charge in [0.15, 0.2) is 5.65 Å². The zero-order valence-corrected chi connectivity index (χ0v) is 27.3. The molecular formula is C34H44N10O3. The average Bonchev–Trinajstić information content (AvgIpc) is 3.68. The molecule has 2 aliphatic rings. The van der Waals surface area contributed by atoms with Gasteiger partial charge in [0, 0.05) is 25.2 Å². The Morgan fingerprint density at radius 1 is 1.06 bits per heavy atom. The van der Waals surface area contributed by atoms with Crippen LogP contribution in [-0.4, -0.2) is 66.8 Å². The summed E-state index contributed by atoms with van der Waals surface area (Å²) in [7, 11) is 0. The van der Waals surface area contributed by atoms with Crippen molar-refractivity contribution >= 4 is 34.9 Å². The predicted molar refractivity (Wildman–Crippen MR) is 181 cm³/mol. The molecule has 1 fully saturated rings. The Balaban J connectivity index is 1.16. The van der Waals surface area contributed by atoms with Gasteiger partial charge in [0.1, 0.15) is 23.4 Å². The molecule has 248 valence electrons. The second kappa shape index (κ2) is 13.9. The zero-order valence-electron chi connectivity index (χ0n) is 27.3. The second-order valence-corrected chi connectivity index (χ2v) is 13.3. The number of amides is 2. The van der Waals surface area contributed by atoms with Crippen LogP contribution in [0, 0.1) is 10.8 Å². The molecule has 6 rings (SSSR count). The molecule has 4 heterocycles. The normalized spacial score (nSPS) is 18.6. The fraction of sp³-hybridized carbons (Fsp3) is 0.471. The van der Waals surface area contributed by atoms with Crippen molar-refractivity contribution in [3.8, 4) is 5.75 Å². The van der Waals surface area contributed by atoms with Crippen molar-refractivity contribution in [3.05, 3.63) is 66.1 Å².